The largest absolute Gasteiger partial charge is 0.480 e. The first-order valence-electron chi connectivity index (χ1n) is 7.02. The van der Waals surface area contributed by atoms with E-state index in [1.165, 1.54) is 6.20 Å². The molecule has 0 radical (unpaired) electrons. The van der Waals surface area contributed by atoms with Crippen LogP contribution in [0.4, 0.5) is 5.82 Å². The lowest BCUT2D eigenvalue weighted by molar-refractivity contribution is -0.142. The van der Waals surface area contributed by atoms with Gasteiger partial charge >= 0.3 is 5.97 Å². The topological polar surface area (TPSA) is 84.2 Å². The number of hydrogen-bond acceptors (Lipinski definition) is 4. The van der Waals surface area contributed by atoms with Crippen LogP contribution in [0.5, 0.6) is 0 Å². The average Bonchev–Trinajstić information content (AvgIpc) is 2.84. The predicted octanol–water partition coefficient (Wildman–Crippen LogP) is 1.71. The van der Waals surface area contributed by atoms with Gasteiger partial charge in [-0.3, -0.25) is 4.79 Å². The zero-order valence-electron chi connectivity index (χ0n) is 11.9. The molecule has 6 nitrogen and oxygen atoms in total. The van der Waals surface area contributed by atoms with Gasteiger partial charge in [0.2, 0.25) is 0 Å². The molecule has 1 aromatic rings. The van der Waals surface area contributed by atoms with Crippen molar-refractivity contribution in [1.29, 1.82) is 0 Å². The fourth-order valence-electron chi connectivity index (χ4n) is 2.67. The molecule has 0 unspecified atom stereocenters. The number of carboxylic acid groups (broad SMARTS) is 1. The maximum absolute atomic E-state index is 12.3. The van der Waals surface area contributed by atoms with Gasteiger partial charge in [0.1, 0.15) is 5.54 Å². The van der Waals surface area contributed by atoms with Gasteiger partial charge in [0.25, 0.3) is 5.56 Å². The Morgan fingerprint density at radius 2 is 2.15 bits per heavy atom. The van der Waals surface area contributed by atoms with Crippen LogP contribution >= 0.6 is 0 Å². The molecular formula is C14H21N3O3. The number of carbonyl (C=O) groups is 1. The maximum atomic E-state index is 12.3. The number of aromatic nitrogens is 2. The predicted molar refractivity (Wildman–Crippen MR) is 75.8 cm³/mol. The van der Waals surface area contributed by atoms with Gasteiger partial charge in [-0.25, -0.2) is 9.78 Å². The van der Waals surface area contributed by atoms with Crippen molar-refractivity contribution in [2.24, 2.45) is 5.92 Å². The third kappa shape index (κ3) is 2.84. The molecular weight excluding hydrogens is 258 g/mol. The summed E-state index contributed by atoms with van der Waals surface area (Å²) in [6.07, 6.45) is 5.94. The van der Waals surface area contributed by atoms with Crippen molar-refractivity contribution in [3.8, 4) is 0 Å². The summed E-state index contributed by atoms with van der Waals surface area (Å²) in [7, 11) is 0. The third-order valence-electron chi connectivity index (χ3n) is 3.70. The molecule has 0 amide bonds. The molecule has 110 valence electrons. The fourth-order valence-corrected chi connectivity index (χ4v) is 2.67. The second-order valence-electron chi connectivity index (χ2n) is 5.85. The highest BCUT2D eigenvalue weighted by Gasteiger charge is 2.42. The summed E-state index contributed by atoms with van der Waals surface area (Å²) in [6, 6.07) is 0. The number of carboxylic acids is 1. The van der Waals surface area contributed by atoms with Crippen molar-refractivity contribution >= 4 is 11.8 Å². The summed E-state index contributed by atoms with van der Waals surface area (Å²) in [5.41, 5.74) is -1.29. The van der Waals surface area contributed by atoms with Crippen LogP contribution in [0.15, 0.2) is 17.2 Å². The minimum Gasteiger partial charge on any atom is -0.480 e. The van der Waals surface area contributed by atoms with Gasteiger partial charge < -0.3 is 15.0 Å². The van der Waals surface area contributed by atoms with Crippen molar-refractivity contribution in [3.63, 3.8) is 0 Å². The van der Waals surface area contributed by atoms with E-state index in [0.29, 0.717) is 25.3 Å². The molecule has 2 N–H and O–H groups in total. The van der Waals surface area contributed by atoms with Gasteiger partial charge in [-0.1, -0.05) is 26.7 Å². The minimum atomic E-state index is -1.04. The highest BCUT2D eigenvalue weighted by Crippen LogP contribution is 2.32. The van der Waals surface area contributed by atoms with Crippen LogP contribution < -0.4 is 10.9 Å². The van der Waals surface area contributed by atoms with Crippen molar-refractivity contribution in [2.45, 2.75) is 51.6 Å². The molecule has 1 aromatic heterocycles. The van der Waals surface area contributed by atoms with Crippen molar-refractivity contribution < 1.29 is 9.90 Å². The molecule has 0 spiro atoms. The van der Waals surface area contributed by atoms with Crippen LogP contribution in [-0.2, 0) is 11.3 Å². The van der Waals surface area contributed by atoms with E-state index < -0.39 is 11.5 Å². The molecule has 0 atom stereocenters. The monoisotopic (exact) mass is 279 g/mol. The molecule has 2 rings (SSSR count). The molecule has 0 aromatic carbocycles. The van der Waals surface area contributed by atoms with E-state index in [1.54, 1.807) is 10.8 Å². The molecule has 0 aliphatic heterocycles. The normalized spacial score (nSPS) is 17.4. The number of hydrogen-bond donors (Lipinski definition) is 2. The van der Waals surface area contributed by atoms with Gasteiger partial charge in [-0.15, -0.1) is 0 Å². The van der Waals surface area contributed by atoms with E-state index in [1.807, 2.05) is 13.8 Å². The van der Waals surface area contributed by atoms with Crippen LogP contribution in [0.3, 0.4) is 0 Å². The van der Waals surface area contributed by atoms with E-state index in [-0.39, 0.29) is 11.4 Å². The summed E-state index contributed by atoms with van der Waals surface area (Å²) in [5, 5.41) is 12.3. The van der Waals surface area contributed by atoms with Gasteiger partial charge in [-0.2, -0.15) is 0 Å². The summed E-state index contributed by atoms with van der Waals surface area (Å²) in [4.78, 5) is 27.8. The zero-order chi connectivity index (χ0) is 14.8. The van der Waals surface area contributed by atoms with Crippen molar-refractivity contribution in [3.05, 3.63) is 22.7 Å². The molecule has 1 fully saturated rings. The van der Waals surface area contributed by atoms with Gasteiger partial charge in [-0.05, 0) is 18.8 Å². The first-order chi connectivity index (χ1) is 9.44. The van der Waals surface area contributed by atoms with E-state index in [4.69, 9.17) is 0 Å². The van der Waals surface area contributed by atoms with E-state index in [2.05, 4.69) is 10.3 Å². The highest BCUT2D eigenvalue weighted by atomic mass is 16.4. The maximum Gasteiger partial charge on any atom is 0.329 e. The molecule has 6 heteroatoms. The fraction of sp³-hybridized carbons (Fsp3) is 0.643. The number of anilines is 1. The first-order valence-corrected chi connectivity index (χ1v) is 7.02. The highest BCUT2D eigenvalue weighted by molar-refractivity contribution is 5.82. The van der Waals surface area contributed by atoms with E-state index >= 15 is 0 Å². The Balaban J connectivity index is 2.29. The second kappa shape index (κ2) is 5.64. The Morgan fingerprint density at radius 3 is 2.70 bits per heavy atom. The van der Waals surface area contributed by atoms with Crippen LogP contribution in [0.2, 0.25) is 0 Å². The molecule has 1 aliphatic rings. The Bertz CT molecular complexity index is 545. The molecule has 20 heavy (non-hydrogen) atoms. The number of nitrogens with zero attached hydrogens (tertiary/aromatic N) is 2. The number of rotatable bonds is 5. The van der Waals surface area contributed by atoms with Crippen molar-refractivity contribution in [2.75, 3.05) is 5.32 Å². The van der Waals surface area contributed by atoms with Gasteiger partial charge in [0.15, 0.2) is 5.82 Å². The summed E-state index contributed by atoms with van der Waals surface area (Å²) >= 11 is 0. The van der Waals surface area contributed by atoms with E-state index in [0.717, 1.165) is 12.8 Å². The summed E-state index contributed by atoms with van der Waals surface area (Å²) in [6.45, 7) is 4.64. The molecule has 1 saturated carbocycles. The van der Waals surface area contributed by atoms with Gasteiger partial charge in [0, 0.05) is 18.9 Å². The zero-order valence-corrected chi connectivity index (χ0v) is 11.9. The smallest absolute Gasteiger partial charge is 0.329 e. The second-order valence-corrected chi connectivity index (χ2v) is 5.85. The van der Waals surface area contributed by atoms with Crippen LogP contribution in [0.25, 0.3) is 0 Å². The Labute approximate surface area is 117 Å². The SMILES string of the molecule is CC(C)Cn1ccnc(NC2(C(=O)O)CCCC2)c1=O. The Hall–Kier alpha value is -1.85. The summed E-state index contributed by atoms with van der Waals surface area (Å²) < 4.78 is 1.57. The number of aliphatic carboxylic acids is 1. The lowest BCUT2D eigenvalue weighted by atomic mass is 9.98. The minimum absolute atomic E-state index is 0.137. The summed E-state index contributed by atoms with van der Waals surface area (Å²) in [5.74, 6) is -0.434. The van der Waals surface area contributed by atoms with Crippen molar-refractivity contribution in [1.82, 2.24) is 9.55 Å². The first kappa shape index (κ1) is 14.6. The molecule has 1 aliphatic carbocycles. The van der Waals surface area contributed by atoms with E-state index in [9.17, 15) is 14.7 Å². The standard InChI is InChI=1S/C14H21N3O3/c1-10(2)9-17-8-7-15-11(12(17)18)16-14(13(19)20)5-3-4-6-14/h7-8,10H,3-6,9H2,1-2H3,(H,15,16)(H,19,20). The van der Waals surface area contributed by atoms with Crippen LogP contribution in [0, 0.1) is 5.92 Å². The van der Waals surface area contributed by atoms with Gasteiger partial charge in [0.05, 0.1) is 0 Å². The number of nitrogens with one attached hydrogen (secondary N) is 1. The average molecular weight is 279 g/mol. The Kier molecular flexibility index (Phi) is 4.11. The molecule has 1 heterocycles. The quantitative estimate of drug-likeness (QED) is 0.857. The lowest BCUT2D eigenvalue weighted by Crippen LogP contribution is -2.46. The molecule has 0 bridgehead atoms. The lowest BCUT2D eigenvalue weighted by Gasteiger charge is -2.25. The van der Waals surface area contributed by atoms with Crippen LogP contribution in [-0.4, -0.2) is 26.2 Å². The molecule has 0 saturated heterocycles. The Morgan fingerprint density at radius 1 is 1.50 bits per heavy atom. The third-order valence-corrected chi connectivity index (χ3v) is 3.70. The van der Waals surface area contributed by atoms with Crippen LogP contribution in [0.1, 0.15) is 39.5 Å².